The van der Waals surface area contributed by atoms with E-state index in [0.717, 1.165) is 38.8 Å². The number of likely N-dealkylation sites (tertiary alicyclic amines) is 1. The maximum Gasteiger partial charge on any atom is 0.307 e. The molecular weight excluding hydrogens is 254 g/mol. The molecule has 1 amide bonds. The molecule has 4 heteroatoms. The quantitative estimate of drug-likeness (QED) is 0.865. The van der Waals surface area contributed by atoms with Gasteiger partial charge in [0.25, 0.3) is 0 Å². The molecule has 114 valence electrons. The average Bonchev–Trinajstić information content (AvgIpc) is 2.75. The molecule has 0 spiro atoms. The first-order valence-electron chi connectivity index (χ1n) is 8.02. The van der Waals surface area contributed by atoms with Gasteiger partial charge in [-0.15, -0.1) is 0 Å². The van der Waals surface area contributed by atoms with E-state index in [1.54, 1.807) is 0 Å². The Labute approximate surface area is 121 Å². The average molecular weight is 281 g/mol. The lowest BCUT2D eigenvalue weighted by molar-refractivity contribution is -0.149. The van der Waals surface area contributed by atoms with Gasteiger partial charge in [-0.1, -0.05) is 20.3 Å². The highest BCUT2D eigenvalue weighted by Gasteiger charge is 2.40. The number of carboxylic acids is 1. The van der Waals surface area contributed by atoms with E-state index >= 15 is 0 Å². The van der Waals surface area contributed by atoms with E-state index in [0.29, 0.717) is 18.3 Å². The number of aliphatic carboxylic acids is 1. The van der Waals surface area contributed by atoms with E-state index in [2.05, 4.69) is 13.8 Å². The van der Waals surface area contributed by atoms with Gasteiger partial charge in [0.15, 0.2) is 0 Å². The van der Waals surface area contributed by atoms with Crippen molar-refractivity contribution in [1.29, 1.82) is 0 Å². The first kappa shape index (κ1) is 15.3. The van der Waals surface area contributed by atoms with Crippen molar-refractivity contribution >= 4 is 11.9 Å². The Bertz CT molecular complexity index is 367. The third-order valence-corrected chi connectivity index (χ3v) is 5.18. The minimum absolute atomic E-state index is 0.0966. The zero-order valence-electron chi connectivity index (χ0n) is 12.7. The van der Waals surface area contributed by atoms with Crippen molar-refractivity contribution < 1.29 is 14.7 Å². The second kappa shape index (κ2) is 6.59. The lowest BCUT2D eigenvalue weighted by Gasteiger charge is -2.26. The molecular formula is C16H27NO3. The Hall–Kier alpha value is -1.06. The van der Waals surface area contributed by atoms with Gasteiger partial charge in [-0.2, -0.15) is 0 Å². The Morgan fingerprint density at radius 2 is 1.70 bits per heavy atom. The molecule has 1 aliphatic heterocycles. The molecule has 2 rings (SSSR count). The molecule has 1 N–H and O–H groups in total. The molecule has 4 nitrogen and oxygen atoms in total. The fourth-order valence-corrected chi connectivity index (χ4v) is 3.79. The normalized spacial score (nSPS) is 31.4. The van der Waals surface area contributed by atoms with Crippen molar-refractivity contribution in [2.75, 3.05) is 13.1 Å². The van der Waals surface area contributed by atoms with E-state index in [1.165, 1.54) is 6.42 Å². The fraction of sp³-hybridized carbons (Fsp3) is 0.875. The van der Waals surface area contributed by atoms with Crippen LogP contribution < -0.4 is 0 Å². The fourth-order valence-electron chi connectivity index (χ4n) is 3.79. The van der Waals surface area contributed by atoms with Crippen LogP contribution in [0.5, 0.6) is 0 Å². The number of nitrogens with zero attached hydrogens (tertiary/aromatic N) is 1. The second-order valence-corrected chi connectivity index (χ2v) is 6.74. The van der Waals surface area contributed by atoms with Crippen LogP contribution in [0.2, 0.25) is 0 Å². The van der Waals surface area contributed by atoms with Crippen molar-refractivity contribution in [2.45, 2.75) is 52.4 Å². The molecule has 2 fully saturated rings. The summed E-state index contributed by atoms with van der Waals surface area (Å²) in [7, 11) is 0. The van der Waals surface area contributed by atoms with Gasteiger partial charge in [0.1, 0.15) is 0 Å². The summed E-state index contributed by atoms with van der Waals surface area (Å²) in [5.41, 5.74) is 0. The summed E-state index contributed by atoms with van der Waals surface area (Å²) in [5, 5.41) is 9.23. The van der Waals surface area contributed by atoms with Gasteiger partial charge in [0.2, 0.25) is 5.91 Å². The van der Waals surface area contributed by atoms with Gasteiger partial charge in [0.05, 0.1) is 11.8 Å². The van der Waals surface area contributed by atoms with Crippen LogP contribution in [0.4, 0.5) is 0 Å². The lowest BCUT2D eigenvalue weighted by atomic mass is 9.89. The zero-order chi connectivity index (χ0) is 14.7. The van der Waals surface area contributed by atoms with Gasteiger partial charge in [-0.3, -0.25) is 9.59 Å². The number of hydrogen-bond donors (Lipinski definition) is 1. The van der Waals surface area contributed by atoms with E-state index in [1.807, 2.05) is 4.90 Å². The van der Waals surface area contributed by atoms with Crippen molar-refractivity contribution in [2.24, 2.45) is 23.7 Å². The number of carbonyl (C=O) groups excluding carboxylic acids is 1. The smallest absolute Gasteiger partial charge is 0.307 e. The molecule has 1 saturated heterocycles. The highest BCUT2D eigenvalue weighted by Crippen LogP contribution is 2.34. The maximum atomic E-state index is 12.6. The highest BCUT2D eigenvalue weighted by atomic mass is 16.4. The lowest BCUT2D eigenvalue weighted by Crippen LogP contribution is -2.39. The number of hydrogen-bond acceptors (Lipinski definition) is 2. The summed E-state index contributed by atoms with van der Waals surface area (Å²) in [6.45, 7) is 6.12. The number of amides is 1. The molecule has 0 aromatic rings. The Morgan fingerprint density at radius 3 is 2.35 bits per heavy atom. The summed E-state index contributed by atoms with van der Waals surface area (Å²) in [5.74, 6) is -0.0558. The SMILES string of the molecule is CC(C)C1CCCN(C(=O)[C@@H]2CCC[C@@H]2C(=O)O)CC1. The maximum absolute atomic E-state index is 12.6. The first-order valence-corrected chi connectivity index (χ1v) is 8.02. The summed E-state index contributed by atoms with van der Waals surface area (Å²) in [6, 6.07) is 0. The van der Waals surface area contributed by atoms with Crippen molar-refractivity contribution in [3.05, 3.63) is 0 Å². The molecule has 1 unspecified atom stereocenters. The molecule has 0 aromatic carbocycles. The van der Waals surface area contributed by atoms with Gasteiger partial charge in [0, 0.05) is 13.1 Å². The molecule has 1 heterocycles. The molecule has 20 heavy (non-hydrogen) atoms. The zero-order valence-corrected chi connectivity index (χ0v) is 12.7. The predicted molar refractivity (Wildman–Crippen MR) is 77.2 cm³/mol. The minimum atomic E-state index is -0.796. The van der Waals surface area contributed by atoms with E-state index in [4.69, 9.17) is 0 Å². The third-order valence-electron chi connectivity index (χ3n) is 5.18. The third kappa shape index (κ3) is 3.33. The molecule has 0 aromatic heterocycles. The first-order chi connectivity index (χ1) is 9.50. The summed E-state index contributed by atoms with van der Waals surface area (Å²) >= 11 is 0. The highest BCUT2D eigenvalue weighted by molar-refractivity contribution is 5.85. The van der Waals surface area contributed by atoms with E-state index < -0.39 is 11.9 Å². The standard InChI is InChI=1S/C16H27NO3/c1-11(2)12-5-4-9-17(10-8-12)15(18)13-6-3-7-14(13)16(19)20/h11-14H,3-10H2,1-2H3,(H,19,20)/t12?,13-,14+/m1/s1. The molecule has 0 radical (unpaired) electrons. The van der Waals surface area contributed by atoms with E-state index in [-0.39, 0.29) is 11.8 Å². The molecule has 1 saturated carbocycles. The molecule has 3 atom stereocenters. The largest absolute Gasteiger partial charge is 0.481 e. The Kier molecular flexibility index (Phi) is 5.06. The van der Waals surface area contributed by atoms with Gasteiger partial charge in [-0.25, -0.2) is 0 Å². The summed E-state index contributed by atoms with van der Waals surface area (Å²) in [6.07, 6.45) is 5.59. The van der Waals surface area contributed by atoms with Crippen LogP contribution in [0, 0.1) is 23.7 Å². The van der Waals surface area contributed by atoms with Crippen LogP contribution in [0.1, 0.15) is 52.4 Å². The van der Waals surface area contributed by atoms with Crippen LogP contribution in [0.3, 0.4) is 0 Å². The number of carboxylic acid groups (broad SMARTS) is 1. The van der Waals surface area contributed by atoms with Gasteiger partial charge < -0.3 is 10.0 Å². The second-order valence-electron chi connectivity index (χ2n) is 6.74. The topological polar surface area (TPSA) is 57.6 Å². The van der Waals surface area contributed by atoms with Crippen LogP contribution in [0.25, 0.3) is 0 Å². The number of carbonyl (C=O) groups is 2. The Balaban J connectivity index is 1.97. The van der Waals surface area contributed by atoms with Crippen LogP contribution >= 0.6 is 0 Å². The molecule has 1 aliphatic carbocycles. The van der Waals surface area contributed by atoms with Crippen LogP contribution in [0.15, 0.2) is 0 Å². The van der Waals surface area contributed by atoms with Crippen molar-refractivity contribution in [3.63, 3.8) is 0 Å². The monoisotopic (exact) mass is 281 g/mol. The van der Waals surface area contributed by atoms with Crippen LogP contribution in [-0.4, -0.2) is 35.0 Å². The summed E-state index contributed by atoms with van der Waals surface area (Å²) < 4.78 is 0. The minimum Gasteiger partial charge on any atom is -0.481 e. The predicted octanol–water partition coefficient (Wildman–Crippen LogP) is 2.77. The van der Waals surface area contributed by atoms with Crippen molar-refractivity contribution in [3.8, 4) is 0 Å². The van der Waals surface area contributed by atoms with E-state index in [9.17, 15) is 14.7 Å². The molecule has 2 aliphatic rings. The summed E-state index contributed by atoms with van der Waals surface area (Å²) in [4.78, 5) is 25.8. The van der Waals surface area contributed by atoms with Crippen molar-refractivity contribution in [1.82, 2.24) is 4.90 Å². The number of rotatable bonds is 3. The molecule has 0 bridgehead atoms. The Morgan fingerprint density at radius 1 is 1.00 bits per heavy atom. The van der Waals surface area contributed by atoms with Gasteiger partial charge >= 0.3 is 5.97 Å². The van der Waals surface area contributed by atoms with Crippen LogP contribution in [-0.2, 0) is 9.59 Å². The van der Waals surface area contributed by atoms with Gasteiger partial charge in [-0.05, 0) is 43.9 Å².